The first-order chi connectivity index (χ1) is 18.8. The number of thiazole rings is 1. The molecule has 204 valence electrons. The number of nitrogens with zero attached hydrogens (tertiary/aromatic N) is 4. The van der Waals surface area contributed by atoms with Gasteiger partial charge in [0.25, 0.3) is 0 Å². The lowest BCUT2D eigenvalue weighted by Gasteiger charge is -2.65. The third-order valence-corrected chi connectivity index (χ3v) is 11.8. The minimum atomic E-state index is -1.11. The van der Waals surface area contributed by atoms with Crippen molar-refractivity contribution >= 4 is 34.5 Å². The van der Waals surface area contributed by atoms with Crippen LogP contribution in [0.15, 0.2) is 34.2 Å². The molecule has 0 radical (unpaired) electrons. The molecule has 3 aromatic rings. The van der Waals surface area contributed by atoms with Gasteiger partial charge in [-0.05, 0) is 88.2 Å². The van der Waals surface area contributed by atoms with Gasteiger partial charge >= 0.3 is 0 Å². The van der Waals surface area contributed by atoms with Crippen LogP contribution in [0.25, 0.3) is 11.3 Å². The Labute approximate surface area is 236 Å². The van der Waals surface area contributed by atoms with Crippen LogP contribution >= 0.6 is 22.9 Å². The predicted octanol–water partition coefficient (Wildman–Crippen LogP) is 7.33. The number of benzene rings is 1. The van der Waals surface area contributed by atoms with Crippen LogP contribution in [0.4, 0.5) is 10.1 Å². The van der Waals surface area contributed by atoms with E-state index in [0.29, 0.717) is 37.6 Å². The van der Waals surface area contributed by atoms with Gasteiger partial charge in [-0.25, -0.2) is 9.37 Å². The van der Waals surface area contributed by atoms with E-state index in [1.165, 1.54) is 12.8 Å². The van der Waals surface area contributed by atoms with Crippen LogP contribution in [0, 0.1) is 10.8 Å². The van der Waals surface area contributed by atoms with Gasteiger partial charge in [-0.2, -0.15) is 4.98 Å². The monoisotopic (exact) mass is 566 g/mol. The van der Waals surface area contributed by atoms with Crippen LogP contribution in [0.1, 0.15) is 93.3 Å². The number of hydrogen-bond donors (Lipinski definition) is 0. The zero-order chi connectivity index (χ0) is 26.5. The zero-order valence-corrected chi connectivity index (χ0v) is 23.5. The second kappa shape index (κ2) is 8.35. The average molecular weight is 567 g/mol. The summed E-state index contributed by atoms with van der Waals surface area (Å²) in [4.78, 5) is 25.6. The molecule has 0 saturated heterocycles. The van der Waals surface area contributed by atoms with Gasteiger partial charge in [0.1, 0.15) is 10.7 Å². The molecule has 7 fully saturated rings. The Bertz CT molecular complexity index is 1420. The first-order valence-corrected chi connectivity index (χ1v) is 15.7. The fraction of sp³-hybridized carbons (Fsp3) is 0.600. The van der Waals surface area contributed by atoms with Crippen LogP contribution in [0.3, 0.4) is 0 Å². The molecule has 0 N–H and O–H groups in total. The van der Waals surface area contributed by atoms with Crippen molar-refractivity contribution in [3.63, 3.8) is 0 Å². The molecule has 7 aliphatic rings. The summed E-state index contributed by atoms with van der Waals surface area (Å²) in [5, 5.41) is 7.20. The Hall–Kier alpha value is -2.32. The molecule has 0 spiro atoms. The van der Waals surface area contributed by atoms with Gasteiger partial charge in [-0.15, -0.1) is 22.9 Å². The topological polar surface area (TPSA) is 72.1 Å². The van der Waals surface area contributed by atoms with E-state index in [1.807, 2.05) is 28.5 Å². The number of alkyl halides is 2. The maximum Gasteiger partial charge on any atom is 0.233 e. The Balaban J connectivity index is 1.07. The number of anilines is 1. The van der Waals surface area contributed by atoms with Gasteiger partial charge in [0.2, 0.25) is 11.8 Å². The van der Waals surface area contributed by atoms with Gasteiger partial charge in [-0.3, -0.25) is 4.79 Å². The Morgan fingerprint density at radius 1 is 1.10 bits per heavy atom. The minimum Gasteiger partial charge on any atom is -0.339 e. The number of fused-ring (bicyclic) bond motifs is 3. The molecule has 1 aromatic carbocycles. The molecule has 0 atom stereocenters. The van der Waals surface area contributed by atoms with Crippen molar-refractivity contribution in [2.24, 2.45) is 10.8 Å². The first-order valence-electron chi connectivity index (χ1n) is 14.3. The van der Waals surface area contributed by atoms with Crippen LogP contribution in [-0.2, 0) is 16.1 Å². The summed E-state index contributed by atoms with van der Waals surface area (Å²) in [6.07, 6.45) is 9.59. The molecule has 2 heterocycles. The van der Waals surface area contributed by atoms with E-state index < -0.39 is 11.1 Å². The molecular formula is C30H32ClFN4O2S. The second-order valence-corrected chi connectivity index (χ2v) is 14.4. The lowest BCUT2D eigenvalue weighted by Crippen LogP contribution is -2.71. The van der Waals surface area contributed by atoms with Crippen molar-refractivity contribution in [2.45, 2.75) is 93.5 Å². The fourth-order valence-electron chi connectivity index (χ4n) is 7.91. The third kappa shape index (κ3) is 3.84. The molecule has 9 heteroatoms. The number of halogens is 2. The number of carbonyl (C=O) groups is 1. The average Bonchev–Trinajstić information content (AvgIpc) is 3.45. The van der Waals surface area contributed by atoms with Gasteiger partial charge in [0, 0.05) is 34.5 Å². The molecule has 39 heavy (non-hydrogen) atoms. The molecule has 0 unspecified atom stereocenters. The fourth-order valence-corrected chi connectivity index (χ4v) is 8.81. The van der Waals surface area contributed by atoms with E-state index in [2.05, 4.69) is 16.2 Å². The molecule has 7 saturated carbocycles. The number of hydrogen-bond acceptors (Lipinski definition) is 6. The summed E-state index contributed by atoms with van der Waals surface area (Å²) in [6.45, 7) is 0.674. The molecule has 10 rings (SSSR count). The maximum absolute atomic E-state index is 14.5. The van der Waals surface area contributed by atoms with E-state index in [-0.39, 0.29) is 16.7 Å². The molecule has 2 aromatic heterocycles. The number of rotatable bonds is 8. The highest BCUT2D eigenvalue weighted by atomic mass is 35.5. The predicted molar refractivity (Wildman–Crippen MR) is 148 cm³/mol. The minimum absolute atomic E-state index is 0.0180. The van der Waals surface area contributed by atoms with E-state index in [9.17, 15) is 9.18 Å². The van der Waals surface area contributed by atoms with Crippen molar-refractivity contribution < 1.29 is 13.7 Å². The number of amides is 1. The quantitative estimate of drug-likeness (QED) is 0.267. The molecule has 1 amide bonds. The number of carbonyl (C=O) groups excluding carboxylic acids is 1. The van der Waals surface area contributed by atoms with Crippen LogP contribution in [0.5, 0.6) is 0 Å². The Morgan fingerprint density at radius 3 is 2.49 bits per heavy atom. The SMILES string of the molecule is O=C(N(CC12CCC(c3nc(C4CC4)no3)(CC1)CC2)c1cccc(-c2csc(CCl)n2)c1)C12CC(F)(C1)C2. The zero-order valence-electron chi connectivity index (χ0n) is 21.9. The molecular weight excluding hydrogens is 535 g/mol. The first kappa shape index (κ1) is 24.5. The highest BCUT2D eigenvalue weighted by Gasteiger charge is 2.73. The molecule has 6 nitrogen and oxygen atoms in total. The van der Waals surface area contributed by atoms with Gasteiger partial charge in [0.15, 0.2) is 5.82 Å². The van der Waals surface area contributed by atoms with Gasteiger partial charge in [0.05, 0.1) is 17.0 Å². The van der Waals surface area contributed by atoms with Crippen molar-refractivity contribution in [3.05, 3.63) is 46.4 Å². The highest BCUT2D eigenvalue weighted by Crippen LogP contribution is 2.70. The van der Waals surface area contributed by atoms with Crippen LogP contribution < -0.4 is 4.90 Å². The van der Waals surface area contributed by atoms with E-state index in [4.69, 9.17) is 21.1 Å². The summed E-state index contributed by atoms with van der Waals surface area (Å²) in [5.74, 6) is 2.70. The Kier molecular flexibility index (Phi) is 5.24. The van der Waals surface area contributed by atoms with E-state index in [0.717, 1.165) is 72.2 Å². The maximum atomic E-state index is 14.5. The molecule has 7 aliphatic carbocycles. The smallest absolute Gasteiger partial charge is 0.233 e. The van der Waals surface area contributed by atoms with Crippen LogP contribution in [-0.4, -0.2) is 33.2 Å². The van der Waals surface area contributed by atoms with E-state index in [1.54, 1.807) is 11.3 Å². The standard InChI is InChI=1S/C30H32ClFN4O2S/c31-13-23-33-22(14-39-23)20-2-1-3-21(12-20)36(26(37)29-15-30(32,16-29)17-29)18-27-6-9-28(10-7-27,11-8-27)25-34-24(35-38-25)19-4-5-19/h1-3,12,14,19H,4-11,13,15-18H2. The van der Waals surface area contributed by atoms with Gasteiger partial charge in [-0.1, -0.05) is 17.3 Å². The summed E-state index contributed by atoms with van der Waals surface area (Å²) in [6, 6.07) is 8.13. The largest absolute Gasteiger partial charge is 0.339 e. The summed E-state index contributed by atoms with van der Waals surface area (Å²) < 4.78 is 20.3. The van der Waals surface area contributed by atoms with Crippen LogP contribution in [0.2, 0.25) is 0 Å². The lowest BCUT2D eigenvalue weighted by atomic mass is 9.41. The van der Waals surface area contributed by atoms with Gasteiger partial charge < -0.3 is 9.42 Å². The Morgan fingerprint density at radius 2 is 1.85 bits per heavy atom. The van der Waals surface area contributed by atoms with Crippen molar-refractivity contribution in [1.29, 1.82) is 0 Å². The molecule has 0 aliphatic heterocycles. The summed E-state index contributed by atoms with van der Waals surface area (Å²) in [5.41, 5.74) is 1.14. The van der Waals surface area contributed by atoms with E-state index >= 15 is 0 Å². The van der Waals surface area contributed by atoms with Crippen molar-refractivity contribution in [1.82, 2.24) is 15.1 Å². The normalized spacial score (nSPS) is 34.4. The van der Waals surface area contributed by atoms with Crippen molar-refractivity contribution in [2.75, 3.05) is 11.4 Å². The third-order valence-electron chi connectivity index (χ3n) is 10.5. The number of aromatic nitrogens is 3. The summed E-state index contributed by atoms with van der Waals surface area (Å²) in [7, 11) is 0. The lowest BCUT2D eigenvalue weighted by molar-refractivity contribution is -0.211. The highest BCUT2D eigenvalue weighted by molar-refractivity contribution is 7.10. The molecule has 4 bridgehead atoms. The summed E-state index contributed by atoms with van der Waals surface area (Å²) >= 11 is 7.55. The van der Waals surface area contributed by atoms with Crippen molar-refractivity contribution in [3.8, 4) is 11.3 Å². The second-order valence-electron chi connectivity index (χ2n) is 13.2.